The van der Waals surface area contributed by atoms with Gasteiger partial charge in [0.25, 0.3) is 0 Å². The molecule has 0 N–H and O–H groups in total. The van der Waals surface area contributed by atoms with Crippen molar-refractivity contribution in [2.45, 2.75) is 0 Å². The molecule has 0 aliphatic heterocycles. The van der Waals surface area contributed by atoms with E-state index in [4.69, 9.17) is 16.3 Å². The second-order valence-electron chi connectivity index (χ2n) is 1.98. The van der Waals surface area contributed by atoms with Gasteiger partial charge in [-0.1, -0.05) is 11.6 Å². The molecule has 2 nitrogen and oxygen atoms in total. The molecule has 62 valence electrons. The first-order chi connectivity index (χ1) is 5.83. The summed E-state index contributed by atoms with van der Waals surface area (Å²) in [4.78, 5) is 3.60. The Morgan fingerprint density at radius 1 is 1.42 bits per heavy atom. The summed E-state index contributed by atoms with van der Waals surface area (Å²) in [6, 6.07) is 7.03. The molecule has 0 unspecified atom stereocenters. The number of nitrogens with zero attached hydrogens (tertiary/aromatic N) is 1. The van der Waals surface area contributed by atoms with Crippen LogP contribution in [0.1, 0.15) is 0 Å². The van der Waals surface area contributed by atoms with Gasteiger partial charge in [0.2, 0.25) is 0 Å². The number of isothiocyanates is 1. The lowest BCUT2D eigenvalue weighted by atomic mass is 10.3. The van der Waals surface area contributed by atoms with Crippen molar-refractivity contribution in [1.82, 2.24) is 0 Å². The van der Waals surface area contributed by atoms with E-state index in [1.54, 1.807) is 24.3 Å². The van der Waals surface area contributed by atoms with Crippen LogP contribution in [0, 0.1) is 0 Å². The van der Waals surface area contributed by atoms with Crippen LogP contribution in [0.25, 0.3) is 0 Å². The maximum atomic E-state index is 5.66. The molecule has 0 aliphatic carbocycles. The fraction of sp³-hybridized carbons (Fsp3) is 0.125. The summed E-state index contributed by atoms with van der Waals surface area (Å²) in [5.41, 5.74) is 0. The molecule has 0 aromatic heterocycles. The van der Waals surface area contributed by atoms with Crippen LogP contribution in [-0.2, 0) is 0 Å². The van der Waals surface area contributed by atoms with Gasteiger partial charge in [-0.05, 0) is 36.5 Å². The molecule has 0 spiro atoms. The Morgan fingerprint density at radius 3 is 2.67 bits per heavy atom. The second kappa shape index (κ2) is 4.88. The smallest absolute Gasteiger partial charge is 0.188 e. The van der Waals surface area contributed by atoms with Crippen molar-refractivity contribution < 1.29 is 4.74 Å². The summed E-state index contributed by atoms with van der Waals surface area (Å²) < 4.78 is 5.15. The zero-order valence-corrected chi connectivity index (χ0v) is 7.73. The lowest BCUT2D eigenvalue weighted by molar-refractivity contribution is 0.332. The highest BCUT2D eigenvalue weighted by atomic mass is 35.5. The number of hydrogen-bond donors (Lipinski definition) is 0. The Kier molecular flexibility index (Phi) is 3.74. The minimum absolute atomic E-state index is 0.200. The maximum absolute atomic E-state index is 5.66. The fourth-order valence-corrected chi connectivity index (χ4v) is 0.843. The van der Waals surface area contributed by atoms with Gasteiger partial charge in [-0.25, -0.2) is 0 Å². The predicted molar refractivity (Wildman–Crippen MR) is 52.0 cm³/mol. The summed E-state index contributed by atoms with van der Waals surface area (Å²) in [6.07, 6.45) is 0. The van der Waals surface area contributed by atoms with Gasteiger partial charge >= 0.3 is 0 Å². The first-order valence-corrected chi connectivity index (χ1v) is 4.03. The Hall–Kier alpha value is -0.890. The molecule has 12 heavy (non-hydrogen) atoms. The molecule has 0 atom stereocenters. The molecule has 0 heterocycles. The molecular formula is C8H6ClNOS. The van der Waals surface area contributed by atoms with Gasteiger partial charge < -0.3 is 4.74 Å². The van der Waals surface area contributed by atoms with E-state index in [9.17, 15) is 0 Å². The van der Waals surface area contributed by atoms with E-state index in [1.165, 1.54) is 0 Å². The lowest BCUT2D eigenvalue weighted by Crippen LogP contribution is -1.92. The average molecular weight is 200 g/mol. The standard InChI is InChI=1S/C8H6ClNOS/c9-7-1-3-8(4-2-7)11-5-10-6-12/h1-4H,5H2. The van der Waals surface area contributed by atoms with E-state index in [1.807, 2.05) is 0 Å². The van der Waals surface area contributed by atoms with Crippen LogP contribution >= 0.6 is 23.8 Å². The first kappa shape index (κ1) is 9.20. The van der Waals surface area contributed by atoms with Crippen molar-refractivity contribution in [1.29, 1.82) is 0 Å². The average Bonchev–Trinajstić information content (AvgIpc) is 2.09. The summed E-state index contributed by atoms with van der Waals surface area (Å²) >= 11 is 10.0. The summed E-state index contributed by atoms with van der Waals surface area (Å²) in [6.45, 7) is 0.200. The number of thiocarbonyl (C=S) groups is 1. The van der Waals surface area contributed by atoms with Crippen molar-refractivity contribution in [2.75, 3.05) is 6.73 Å². The normalized spacial score (nSPS) is 8.75. The number of benzene rings is 1. The molecule has 0 saturated heterocycles. The Bertz CT molecular complexity index is 292. The van der Waals surface area contributed by atoms with Crippen molar-refractivity contribution in [2.24, 2.45) is 4.99 Å². The number of hydrogen-bond acceptors (Lipinski definition) is 3. The second-order valence-corrected chi connectivity index (χ2v) is 2.60. The van der Waals surface area contributed by atoms with Gasteiger partial charge in [0.1, 0.15) is 5.75 Å². The Labute approximate surface area is 80.8 Å². The van der Waals surface area contributed by atoms with E-state index >= 15 is 0 Å². The number of ether oxygens (including phenoxy) is 1. The van der Waals surface area contributed by atoms with Crippen molar-refractivity contribution in [3.05, 3.63) is 29.3 Å². The molecule has 0 aliphatic rings. The molecule has 1 aromatic carbocycles. The monoisotopic (exact) mass is 199 g/mol. The molecule has 0 amide bonds. The van der Waals surface area contributed by atoms with Gasteiger partial charge in [-0.2, -0.15) is 4.99 Å². The van der Waals surface area contributed by atoms with Crippen LogP contribution in [0.2, 0.25) is 5.02 Å². The van der Waals surface area contributed by atoms with E-state index < -0.39 is 0 Å². The van der Waals surface area contributed by atoms with E-state index in [0.717, 1.165) is 0 Å². The first-order valence-electron chi connectivity index (χ1n) is 3.25. The fourth-order valence-electron chi connectivity index (χ4n) is 0.664. The van der Waals surface area contributed by atoms with Crippen LogP contribution in [0.5, 0.6) is 5.75 Å². The highest BCUT2D eigenvalue weighted by Crippen LogP contribution is 2.15. The SMILES string of the molecule is S=C=NCOc1ccc(Cl)cc1. The number of aliphatic imine (C=N–C) groups is 1. The van der Waals surface area contributed by atoms with Crippen LogP contribution in [0.3, 0.4) is 0 Å². The molecule has 4 heteroatoms. The number of halogens is 1. The third-order valence-electron chi connectivity index (χ3n) is 1.17. The van der Waals surface area contributed by atoms with Gasteiger partial charge in [0.15, 0.2) is 6.73 Å². The highest BCUT2D eigenvalue weighted by molar-refractivity contribution is 7.78. The summed E-state index contributed by atoms with van der Waals surface area (Å²) in [5.74, 6) is 0.716. The molecule has 0 fully saturated rings. The van der Waals surface area contributed by atoms with Gasteiger partial charge in [-0.15, -0.1) is 0 Å². The maximum Gasteiger partial charge on any atom is 0.188 e. The quantitative estimate of drug-likeness (QED) is 0.552. The Balaban J connectivity index is 2.53. The zero-order valence-electron chi connectivity index (χ0n) is 6.16. The zero-order chi connectivity index (χ0) is 8.81. The molecular weight excluding hydrogens is 194 g/mol. The van der Waals surface area contributed by atoms with Crippen molar-refractivity contribution in [3.8, 4) is 5.75 Å². The molecule has 1 aromatic rings. The van der Waals surface area contributed by atoms with E-state index in [0.29, 0.717) is 10.8 Å². The third kappa shape index (κ3) is 3.01. The number of rotatable bonds is 3. The highest BCUT2D eigenvalue weighted by Gasteiger charge is 1.90. The summed E-state index contributed by atoms with van der Waals surface area (Å²) in [5, 5.41) is 2.89. The molecule has 0 bridgehead atoms. The third-order valence-corrected chi connectivity index (χ3v) is 1.56. The Morgan fingerprint density at radius 2 is 2.08 bits per heavy atom. The topological polar surface area (TPSA) is 21.6 Å². The van der Waals surface area contributed by atoms with E-state index in [-0.39, 0.29) is 6.73 Å². The van der Waals surface area contributed by atoms with Gasteiger partial charge in [0, 0.05) is 5.02 Å². The molecule has 1 rings (SSSR count). The van der Waals surface area contributed by atoms with Crippen LogP contribution in [0.4, 0.5) is 0 Å². The summed E-state index contributed by atoms with van der Waals surface area (Å²) in [7, 11) is 0. The van der Waals surface area contributed by atoms with E-state index in [2.05, 4.69) is 22.4 Å². The van der Waals surface area contributed by atoms with Crippen LogP contribution in [-0.4, -0.2) is 11.9 Å². The van der Waals surface area contributed by atoms with Crippen molar-refractivity contribution in [3.63, 3.8) is 0 Å². The lowest BCUT2D eigenvalue weighted by Gasteiger charge is -2.00. The molecule has 0 radical (unpaired) electrons. The minimum Gasteiger partial charge on any atom is -0.471 e. The molecule has 0 saturated carbocycles. The predicted octanol–water partition coefficient (Wildman–Crippen LogP) is 2.78. The van der Waals surface area contributed by atoms with Crippen LogP contribution in [0.15, 0.2) is 29.3 Å². The van der Waals surface area contributed by atoms with Crippen molar-refractivity contribution >= 4 is 29.0 Å². The largest absolute Gasteiger partial charge is 0.471 e. The van der Waals surface area contributed by atoms with Gasteiger partial charge in [0.05, 0.1) is 5.16 Å². The minimum atomic E-state index is 0.200. The van der Waals surface area contributed by atoms with Gasteiger partial charge in [-0.3, -0.25) is 0 Å². The van der Waals surface area contributed by atoms with Crippen LogP contribution < -0.4 is 4.74 Å².